The second-order valence-electron chi connectivity index (χ2n) is 3.22. The van der Waals surface area contributed by atoms with Gasteiger partial charge in [-0.05, 0) is 12.1 Å². The second kappa shape index (κ2) is 5.14. The number of carbonyl (C=O) groups excluding carboxylic acids is 1. The zero-order chi connectivity index (χ0) is 12.3. The van der Waals surface area contributed by atoms with Crippen LogP contribution < -0.4 is 0 Å². The molecule has 7 heteroatoms. The monoisotopic (exact) mass is 252 g/mol. The van der Waals surface area contributed by atoms with E-state index in [1.807, 2.05) is 6.07 Å². The molecule has 1 atom stereocenters. The summed E-state index contributed by atoms with van der Waals surface area (Å²) in [5.74, 6) is -0.476. The summed E-state index contributed by atoms with van der Waals surface area (Å²) >= 11 is 0. The van der Waals surface area contributed by atoms with Crippen LogP contribution in [0.5, 0.6) is 0 Å². The molecule has 1 aromatic carbocycles. The number of para-hydroxylation sites is 2. The van der Waals surface area contributed by atoms with Crippen molar-refractivity contribution in [2.24, 2.45) is 0 Å². The third-order valence-electron chi connectivity index (χ3n) is 2.06. The molecular weight excluding hydrogens is 243 g/mol. The number of hydrogen-bond donors (Lipinski definition) is 1. The molecular formula is C10H9N2O4P. The van der Waals surface area contributed by atoms with Crippen molar-refractivity contribution < 1.29 is 18.8 Å². The lowest BCUT2D eigenvalue weighted by atomic mass is 10.2. The minimum Gasteiger partial charge on any atom is -0.326 e. The Hall–Kier alpha value is -1.62. The molecule has 1 heterocycles. The van der Waals surface area contributed by atoms with Gasteiger partial charge in [-0.1, -0.05) is 12.1 Å². The number of fused-ring (bicyclic) bond motifs is 1. The third-order valence-corrected chi connectivity index (χ3v) is 2.45. The minimum absolute atomic E-state index is 0.118. The first-order chi connectivity index (χ1) is 8.16. The van der Waals surface area contributed by atoms with Crippen LogP contribution in [0.2, 0.25) is 0 Å². The summed E-state index contributed by atoms with van der Waals surface area (Å²) in [5, 5.41) is 0. The first kappa shape index (κ1) is 11.9. The fourth-order valence-electron chi connectivity index (χ4n) is 1.29. The Kier molecular flexibility index (Phi) is 3.58. The summed E-state index contributed by atoms with van der Waals surface area (Å²) in [5.41, 5.74) is 1.39. The van der Waals surface area contributed by atoms with Crippen LogP contribution >= 0.6 is 8.25 Å². The van der Waals surface area contributed by atoms with Crippen molar-refractivity contribution in [3.8, 4) is 0 Å². The minimum atomic E-state index is -3.10. The Morgan fingerprint density at radius 3 is 2.76 bits per heavy atom. The maximum absolute atomic E-state index is 11.5. The summed E-state index contributed by atoms with van der Waals surface area (Å²) in [6.45, 7) is -0.471. The summed E-state index contributed by atoms with van der Waals surface area (Å²) in [6.07, 6.45) is 1.32. The molecule has 1 unspecified atom stereocenters. The largest absolute Gasteiger partial charge is 0.326 e. The molecule has 0 spiro atoms. The molecule has 2 aromatic rings. The van der Waals surface area contributed by atoms with Crippen LogP contribution in [0.25, 0.3) is 11.0 Å². The molecule has 0 aliphatic rings. The molecule has 2 rings (SSSR count). The quantitative estimate of drug-likeness (QED) is 0.649. The molecule has 0 radical (unpaired) electrons. The van der Waals surface area contributed by atoms with Gasteiger partial charge in [-0.2, -0.15) is 0 Å². The van der Waals surface area contributed by atoms with E-state index in [4.69, 9.17) is 4.89 Å². The molecule has 0 aliphatic carbocycles. The lowest BCUT2D eigenvalue weighted by Crippen LogP contribution is -2.09. The zero-order valence-corrected chi connectivity index (χ0v) is 9.66. The SMILES string of the molecule is O=C(CO[PH](=O)O)c1cnc2ccccc2n1. The van der Waals surface area contributed by atoms with Crippen molar-refractivity contribution in [2.45, 2.75) is 0 Å². The number of benzene rings is 1. The standard InChI is InChI=1S/C10H9N2O4P/c13-10(6-16-17(14)15)9-5-11-7-3-1-2-4-8(7)12-9/h1-5,17H,6H2,(H,14,15). The molecule has 17 heavy (non-hydrogen) atoms. The lowest BCUT2D eigenvalue weighted by molar-refractivity contribution is 0.0912. The highest BCUT2D eigenvalue weighted by Crippen LogP contribution is 2.15. The van der Waals surface area contributed by atoms with Crippen molar-refractivity contribution in [3.05, 3.63) is 36.2 Å². The van der Waals surface area contributed by atoms with Crippen molar-refractivity contribution in [2.75, 3.05) is 6.61 Å². The van der Waals surface area contributed by atoms with E-state index in [-0.39, 0.29) is 5.69 Å². The molecule has 0 amide bonds. The van der Waals surface area contributed by atoms with Crippen molar-refractivity contribution in [1.82, 2.24) is 9.97 Å². The molecule has 6 nitrogen and oxygen atoms in total. The summed E-state index contributed by atoms with van der Waals surface area (Å²) in [4.78, 5) is 28.1. The molecule has 0 aliphatic heterocycles. The van der Waals surface area contributed by atoms with Gasteiger partial charge in [0.1, 0.15) is 12.3 Å². The Balaban J connectivity index is 2.24. The number of carbonyl (C=O) groups is 1. The summed E-state index contributed by atoms with van der Waals surface area (Å²) in [6, 6.07) is 7.11. The number of Topliss-reactive ketones (excluding diaryl/α,β-unsaturated/α-hetero) is 1. The maximum atomic E-state index is 11.5. The van der Waals surface area contributed by atoms with Gasteiger partial charge in [-0.15, -0.1) is 0 Å². The Morgan fingerprint density at radius 1 is 1.35 bits per heavy atom. The van der Waals surface area contributed by atoms with E-state index < -0.39 is 20.6 Å². The number of hydrogen-bond acceptors (Lipinski definition) is 5. The first-order valence-corrected chi connectivity index (χ1v) is 6.04. The van der Waals surface area contributed by atoms with E-state index in [0.717, 1.165) is 0 Å². The third kappa shape index (κ3) is 2.94. The molecule has 1 aromatic heterocycles. The van der Waals surface area contributed by atoms with Crippen LogP contribution in [0, 0.1) is 0 Å². The normalized spacial score (nSPS) is 12.5. The molecule has 1 N–H and O–H groups in total. The topological polar surface area (TPSA) is 89.4 Å². The molecule has 0 saturated carbocycles. The lowest BCUT2D eigenvalue weighted by Gasteiger charge is -2.01. The van der Waals surface area contributed by atoms with E-state index in [9.17, 15) is 9.36 Å². The molecule has 88 valence electrons. The van der Waals surface area contributed by atoms with E-state index >= 15 is 0 Å². The van der Waals surface area contributed by atoms with E-state index in [2.05, 4.69) is 14.5 Å². The maximum Gasteiger partial charge on any atom is 0.317 e. The van der Waals surface area contributed by atoms with E-state index in [1.165, 1.54) is 6.20 Å². The van der Waals surface area contributed by atoms with Gasteiger partial charge in [-0.25, -0.2) is 4.98 Å². The molecule has 0 fully saturated rings. The van der Waals surface area contributed by atoms with E-state index in [0.29, 0.717) is 11.0 Å². The first-order valence-electron chi connectivity index (χ1n) is 4.77. The highest BCUT2D eigenvalue weighted by atomic mass is 31.1. The van der Waals surface area contributed by atoms with Gasteiger partial charge in [0.25, 0.3) is 0 Å². The van der Waals surface area contributed by atoms with Gasteiger partial charge in [0.05, 0.1) is 17.2 Å². The van der Waals surface area contributed by atoms with Gasteiger partial charge in [0.2, 0.25) is 5.78 Å². The number of ketones is 1. The number of nitrogens with zero attached hydrogens (tertiary/aromatic N) is 2. The zero-order valence-electron chi connectivity index (χ0n) is 8.66. The fourth-order valence-corrected chi connectivity index (χ4v) is 1.55. The predicted octanol–water partition coefficient (Wildman–Crippen LogP) is 1.21. The fraction of sp³-hybridized carbons (Fsp3) is 0.100. The molecule has 0 bridgehead atoms. The molecule has 0 saturated heterocycles. The summed E-state index contributed by atoms with van der Waals surface area (Å²) in [7, 11) is -3.10. The van der Waals surface area contributed by atoms with Crippen molar-refractivity contribution in [1.29, 1.82) is 0 Å². The van der Waals surface area contributed by atoms with E-state index in [1.54, 1.807) is 18.2 Å². The Labute approximate surface area is 97.2 Å². The average Bonchev–Trinajstić information content (AvgIpc) is 2.35. The van der Waals surface area contributed by atoms with Crippen LogP contribution in [0.1, 0.15) is 10.5 Å². The van der Waals surface area contributed by atoms with Crippen LogP contribution in [-0.2, 0) is 9.09 Å². The van der Waals surface area contributed by atoms with Gasteiger partial charge >= 0.3 is 8.25 Å². The van der Waals surface area contributed by atoms with Gasteiger partial charge in [-0.3, -0.25) is 14.3 Å². The number of rotatable bonds is 4. The predicted molar refractivity (Wildman–Crippen MR) is 61.0 cm³/mol. The summed E-state index contributed by atoms with van der Waals surface area (Å²) < 4.78 is 14.7. The van der Waals surface area contributed by atoms with Crippen LogP contribution in [0.15, 0.2) is 30.5 Å². The number of aromatic nitrogens is 2. The Bertz CT molecular complexity index is 587. The van der Waals surface area contributed by atoms with Gasteiger partial charge < -0.3 is 9.42 Å². The highest BCUT2D eigenvalue weighted by Gasteiger charge is 2.10. The van der Waals surface area contributed by atoms with Crippen LogP contribution in [0.3, 0.4) is 0 Å². The second-order valence-corrected chi connectivity index (χ2v) is 4.04. The van der Waals surface area contributed by atoms with Gasteiger partial charge in [0, 0.05) is 0 Å². The van der Waals surface area contributed by atoms with Gasteiger partial charge in [0.15, 0.2) is 0 Å². The van der Waals surface area contributed by atoms with Crippen LogP contribution in [0.4, 0.5) is 0 Å². The average molecular weight is 252 g/mol. The Morgan fingerprint density at radius 2 is 2.06 bits per heavy atom. The smallest absolute Gasteiger partial charge is 0.317 e. The van der Waals surface area contributed by atoms with Crippen molar-refractivity contribution >= 4 is 25.1 Å². The van der Waals surface area contributed by atoms with Crippen LogP contribution in [-0.4, -0.2) is 27.3 Å². The van der Waals surface area contributed by atoms with Crippen molar-refractivity contribution in [3.63, 3.8) is 0 Å². The highest BCUT2D eigenvalue weighted by molar-refractivity contribution is 7.32.